The van der Waals surface area contributed by atoms with Crippen LogP contribution in [0.3, 0.4) is 0 Å². The number of piperidine rings is 1. The molecule has 3 aromatic carbocycles. The zero-order valence-electron chi connectivity index (χ0n) is 27.6. The molecule has 0 bridgehead atoms. The molecule has 1 amide bonds. The number of nitrogens with zero attached hydrogens (tertiary/aromatic N) is 5. The lowest BCUT2D eigenvalue weighted by Crippen LogP contribution is -2.39. The third-order valence-corrected chi connectivity index (χ3v) is 8.54. The first kappa shape index (κ1) is 31.7. The maximum Gasteiger partial charge on any atom is 0.251 e. The fraction of sp³-hybridized carbons (Fsp3) is 0.342. The summed E-state index contributed by atoms with van der Waals surface area (Å²) < 4.78 is 12.2. The van der Waals surface area contributed by atoms with E-state index in [4.69, 9.17) is 25.7 Å². The number of aromatic nitrogens is 3. The number of ether oxygens (including phenoxy) is 1. The molecule has 47 heavy (non-hydrogen) atoms. The van der Waals surface area contributed by atoms with Gasteiger partial charge in [-0.05, 0) is 99.5 Å². The molecule has 0 unspecified atom stereocenters. The standard InChI is InChI=1S/C38H40N6O3/c1-23(2)31-18-30(39-6)19-33-35(31)47-37(43-33)28-10-8-27(9-11-28)36(45)40-20-26-13-15-44(16-14-26)38-41-21-29(22-42-38)32-17-25(5)7-12-34(32)46-24(3)4/h7-12,17-19,21-24,26H,13-16,20H2,1-5H3,(H,40,45). The van der Waals surface area contributed by atoms with Gasteiger partial charge in [-0.25, -0.2) is 19.8 Å². The molecule has 2 aromatic heterocycles. The topological polar surface area (TPSA) is 97.7 Å². The van der Waals surface area contributed by atoms with Crippen molar-refractivity contribution in [2.24, 2.45) is 5.92 Å². The molecule has 1 N–H and O–H groups in total. The zero-order chi connectivity index (χ0) is 33.1. The molecule has 9 heteroatoms. The number of amides is 1. The molecule has 1 fully saturated rings. The summed E-state index contributed by atoms with van der Waals surface area (Å²) in [5, 5.41) is 3.12. The molecule has 0 atom stereocenters. The van der Waals surface area contributed by atoms with Gasteiger partial charge < -0.3 is 19.4 Å². The van der Waals surface area contributed by atoms with Crippen LogP contribution in [0.15, 0.2) is 71.4 Å². The van der Waals surface area contributed by atoms with Crippen LogP contribution < -0.4 is 15.0 Å². The van der Waals surface area contributed by atoms with Gasteiger partial charge in [0, 0.05) is 54.3 Å². The van der Waals surface area contributed by atoms with Crippen LogP contribution in [0.5, 0.6) is 5.75 Å². The minimum atomic E-state index is -0.101. The third-order valence-electron chi connectivity index (χ3n) is 8.54. The summed E-state index contributed by atoms with van der Waals surface area (Å²) >= 11 is 0. The maximum atomic E-state index is 13.0. The van der Waals surface area contributed by atoms with Crippen LogP contribution in [0.25, 0.3) is 38.5 Å². The Bertz CT molecular complexity index is 1910. The van der Waals surface area contributed by atoms with Crippen LogP contribution in [0.2, 0.25) is 0 Å². The van der Waals surface area contributed by atoms with Gasteiger partial charge in [0.1, 0.15) is 5.75 Å². The first-order valence-electron chi connectivity index (χ1n) is 16.2. The van der Waals surface area contributed by atoms with Gasteiger partial charge in [-0.15, -0.1) is 0 Å². The van der Waals surface area contributed by atoms with Gasteiger partial charge >= 0.3 is 0 Å². The van der Waals surface area contributed by atoms with Gasteiger partial charge in [0.15, 0.2) is 11.3 Å². The Hall–Kier alpha value is -5.23. The smallest absolute Gasteiger partial charge is 0.251 e. The van der Waals surface area contributed by atoms with Crippen molar-refractivity contribution in [3.8, 4) is 28.3 Å². The molecule has 3 heterocycles. The Morgan fingerprint density at radius 3 is 2.40 bits per heavy atom. The number of fused-ring (bicyclic) bond motifs is 1. The molecule has 1 aliphatic heterocycles. The van der Waals surface area contributed by atoms with E-state index < -0.39 is 0 Å². The van der Waals surface area contributed by atoms with Gasteiger partial charge in [-0.1, -0.05) is 25.5 Å². The van der Waals surface area contributed by atoms with Crippen molar-refractivity contribution in [1.82, 2.24) is 20.3 Å². The van der Waals surface area contributed by atoms with Crippen molar-refractivity contribution < 1.29 is 13.9 Å². The zero-order valence-corrected chi connectivity index (χ0v) is 27.6. The number of nitrogens with one attached hydrogen (secondary N) is 1. The molecule has 0 radical (unpaired) electrons. The SMILES string of the molecule is [C-]#[N+]c1cc(C(C)C)c2oc(-c3ccc(C(=O)NCC4CCN(c5ncc(-c6cc(C)ccc6OC(C)C)cn5)CC4)cc3)nc2c1. The van der Waals surface area contributed by atoms with Gasteiger partial charge in [0.25, 0.3) is 5.91 Å². The average molecular weight is 629 g/mol. The van der Waals surface area contributed by atoms with E-state index in [1.807, 2.05) is 50.5 Å². The quantitative estimate of drug-likeness (QED) is 0.164. The van der Waals surface area contributed by atoms with Gasteiger partial charge in [-0.3, -0.25) is 4.79 Å². The summed E-state index contributed by atoms with van der Waals surface area (Å²) in [5.41, 5.74) is 7.33. The number of hydrogen-bond acceptors (Lipinski definition) is 7. The van der Waals surface area contributed by atoms with Crippen LogP contribution >= 0.6 is 0 Å². The first-order valence-corrected chi connectivity index (χ1v) is 16.2. The van der Waals surface area contributed by atoms with Crippen molar-refractivity contribution in [2.45, 2.75) is 59.5 Å². The fourth-order valence-electron chi connectivity index (χ4n) is 5.95. The number of anilines is 1. The lowest BCUT2D eigenvalue weighted by molar-refractivity contribution is 0.0945. The predicted molar refractivity (Wildman–Crippen MR) is 185 cm³/mol. The highest BCUT2D eigenvalue weighted by molar-refractivity contribution is 5.94. The Morgan fingerprint density at radius 1 is 1.02 bits per heavy atom. The van der Waals surface area contributed by atoms with Crippen LogP contribution in [-0.2, 0) is 0 Å². The summed E-state index contributed by atoms with van der Waals surface area (Å²) in [6.45, 7) is 19.9. The second-order valence-corrected chi connectivity index (χ2v) is 12.8. The molecule has 6 rings (SSSR count). The lowest BCUT2D eigenvalue weighted by atomic mass is 9.97. The highest BCUT2D eigenvalue weighted by atomic mass is 16.5. The number of oxazole rings is 1. The highest BCUT2D eigenvalue weighted by Crippen LogP contribution is 2.34. The van der Waals surface area contributed by atoms with Crippen molar-refractivity contribution in [2.75, 3.05) is 24.5 Å². The Morgan fingerprint density at radius 2 is 1.74 bits per heavy atom. The second kappa shape index (κ2) is 13.6. The number of aryl methyl sites for hydroxylation is 1. The van der Waals surface area contributed by atoms with Gasteiger partial charge in [0.2, 0.25) is 11.8 Å². The number of hydrogen-bond donors (Lipinski definition) is 1. The molecular weight excluding hydrogens is 588 g/mol. The van der Waals surface area contributed by atoms with Crippen LogP contribution in [-0.4, -0.2) is 46.6 Å². The van der Waals surface area contributed by atoms with E-state index in [0.29, 0.717) is 40.7 Å². The molecule has 0 aliphatic carbocycles. The van der Waals surface area contributed by atoms with Crippen LogP contribution in [0.4, 0.5) is 11.6 Å². The monoisotopic (exact) mass is 628 g/mol. The van der Waals surface area contributed by atoms with Gasteiger partial charge in [0.05, 0.1) is 18.2 Å². The molecular formula is C38H40N6O3. The van der Waals surface area contributed by atoms with Crippen molar-refractivity contribution in [1.29, 1.82) is 0 Å². The van der Waals surface area contributed by atoms with E-state index in [-0.39, 0.29) is 17.9 Å². The molecule has 240 valence electrons. The number of carbonyl (C=O) groups excluding carboxylic acids is 1. The summed E-state index contributed by atoms with van der Waals surface area (Å²) in [6.07, 6.45) is 5.72. The summed E-state index contributed by atoms with van der Waals surface area (Å²) in [5.74, 6) is 2.51. The van der Waals surface area contributed by atoms with E-state index in [0.717, 1.165) is 65.4 Å². The average Bonchev–Trinajstić information content (AvgIpc) is 3.52. The van der Waals surface area contributed by atoms with Crippen molar-refractivity contribution in [3.63, 3.8) is 0 Å². The molecule has 1 saturated heterocycles. The van der Waals surface area contributed by atoms with Crippen LogP contribution in [0.1, 0.15) is 67.9 Å². The third kappa shape index (κ3) is 7.12. The minimum absolute atomic E-state index is 0.0784. The number of benzene rings is 3. The molecule has 0 saturated carbocycles. The van der Waals surface area contributed by atoms with Gasteiger partial charge in [-0.2, -0.15) is 0 Å². The van der Waals surface area contributed by atoms with E-state index in [9.17, 15) is 4.79 Å². The predicted octanol–water partition coefficient (Wildman–Crippen LogP) is 8.37. The Balaban J connectivity index is 1.03. The van der Waals surface area contributed by atoms with E-state index in [1.165, 1.54) is 0 Å². The first-order chi connectivity index (χ1) is 22.7. The molecule has 5 aromatic rings. The maximum absolute atomic E-state index is 13.0. The van der Waals surface area contributed by atoms with Crippen LogP contribution in [0, 0.1) is 19.4 Å². The summed E-state index contributed by atoms with van der Waals surface area (Å²) in [7, 11) is 0. The van der Waals surface area contributed by atoms with Crippen molar-refractivity contribution >= 4 is 28.6 Å². The van der Waals surface area contributed by atoms with Crippen molar-refractivity contribution in [3.05, 3.63) is 95.1 Å². The number of rotatable bonds is 9. The molecule has 0 spiro atoms. The Labute approximate surface area is 275 Å². The van der Waals surface area contributed by atoms with E-state index in [1.54, 1.807) is 18.2 Å². The Kier molecular flexibility index (Phi) is 9.21. The number of carbonyl (C=O) groups is 1. The fourth-order valence-corrected chi connectivity index (χ4v) is 5.95. The van der Waals surface area contributed by atoms with E-state index in [2.05, 4.69) is 52.9 Å². The summed E-state index contributed by atoms with van der Waals surface area (Å²) in [6, 6.07) is 17.1. The minimum Gasteiger partial charge on any atom is -0.490 e. The normalized spacial score (nSPS) is 13.7. The highest BCUT2D eigenvalue weighted by Gasteiger charge is 2.22. The molecule has 1 aliphatic rings. The molecule has 9 nitrogen and oxygen atoms in total. The summed E-state index contributed by atoms with van der Waals surface area (Å²) in [4.78, 5) is 32.8. The van der Waals surface area contributed by atoms with E-state index >= 15 is 0 Å². The lowest BCUT2D eigenvalue weighted by Gasteiger charge is -2.32. The largest absolute Gasteiger partial charge is 0.490 e. The second-order valence-electron chi connectivity index (χ2n) is 12.8.